The summed E-state index contributed by atoms with van der Waals surface area (Å²) in [6.07, 6.45) is 82.3. The van der Waals surface area contributed by atoms with Crippen molar-refractivity contribution < 1.29 is 24.2 Å². The lowest BCUT2D eigenvalue weighted by Gasteiger charge is -2.15. The van der Waals surface area contributed by atoms with Crippen LogP contribution < -0.4 is 0 Å². The Morgan fingerprint density at radius 3 is 0.956 bits per heavy atom. The molecule has 1 atom stereocenters. The van der Waals surface area contributed by atoms with Gasteiger partial charge in [-0.15, -0.1) is 0 Å². The highest BCUT2D eigenvalue weighted by Gasteiger charge is 2.16. The van der Waals surface area contributed by atoms with Crippen LogP contribution in [0.5, 0.6) is 0 Å². The lowest BCUT2D eigenvalue weighted by Crippen LogP contribution is -2.28. The van der Waals surface area contributed by atoms with E-state index in [-0.39, 0.29) is 25.2 Å². The number of allylic oxidation sites excluding steroid dienone is 16. The molecular formula is C63H108O5. The van der Waals surface area contributed by atoms with Crippen LogP contribution >= 0.6 is 0 Å². The monoisotopic (exact) mass is 945 g/mol. The van der Waals surface area contributed by atoms with Gasteiger partial charge in [0.1, 0.15) is 6.61 Å². The van der Waals surface area contributed by atoms with Crippen molar-refractivity contribution in [1.82, 2.24) is 0 Å². The summed E-state index contributed by atoms with van der Waals surface area (Å²) in [7, 11) is 0. The quantitative estimate of drug-likeness (QED) is 0.0374. The van der Waals surface area contributed by atoms with Gasteiger partial charge in [-0.2, -0.15) is 0 Å². The van der Waals surface area contributed by atoms with E-state index >= 15 is 0 Å². The molecule has 0 aliphatic rings. The lowest BCUT2D eigenvalue weighted by atomic mass is 10.0. The van der Waals surface area contributed by atoms with E-state index in [1.54, 1.807) is 0 Å². The fourth-order valence-electron chi connectivity index (χ4n) is 8.06. The Balaban J connectivity index is 3.52. The van der Waals surface area contributed by atoms with Gasteiger partial charge in [-0.1, -0.05) is 259 Å². The molecule has 0 saturated heterocycles. The summed E-state index contributed by atoms with van der Waals surface area (Å²) in [5, 5.41) is 9.66. The second kappa shape index (κ2) is 58.1. The third-order valence-corrected chi connectivity index (χ3v) is 12.4. The summed E-state index contributed by atoms with van der Waals surface area (Å²) in [4.78, 5) is 24.5. The number of esters is 2. The predicted molar refractivity (Wildman–Crippen MR) is 297 cm³/mol. The number of hydrogen-bond donors (Lipinski definition) is 1. The summed E-state index contributed by atoms with van der Waals surface area (Å²) in [6, 6.07) is 0. The Labute approximate surface area is 421 Å². The maximum atomic E-state index is 12.3. The van der Waals surface area contributed by atoms with Crippen molar-refractivity contribution >= 4 is 11.9 Å². The summed E-state index contributed by atoms with van der Waals surface area (Å²) in [6.45, 7) is 4.03. The number of hydrogen-bond acceptors (Lipinski definition) is 5. The third-order valence-electron chi connectivity index (χ3n) is 12.4. The zero-order valence-electron chi connectivity index (χ0n) is 44.6. The highest BCUT2D eigenvalue weighted by molar-refractivity contribution is 5.70. The van der Waals surface area contributed by atoms with Gasteiger partial charge in [0.05, 0.1) is 6.61 Å². The molecule has 0 aromatic heterocycles. The second-order valence-corrected chi connectivity index (χ2v) is 19.0. The molecule has 0 bridgehead atoms. The van der Waals surface area contributed by atoms with E-state index < -0.39 is 6.10 Å². The minimum absolute atomic E-state index is 0.0726. The smallest absolute Gasteiger partial charge is 0.306 e. The average molecular weight is 946 g/mol. The second-order valence-electron chi connectivity index (χ2n) is 19.0. The van der Waals surface area contributed by atoms with Crippen molar-refractivity contribution in [3.8, 4) is 0 Å². The van der Waals surface area contributed by atoms with Gasteiger partial charge >= 0.3 is 11.9 Å². The summed E-state index contributed by atoms with van der Waals surface area (Å²) >= 11 is 0. The first-order valence-electron chi connectivity index (χ1n) is 28.8. The zero-order valence-corrected chi connectivity index (χ0v) is 44.6. The van der Waals surface area contributed by atoms with Gasteiger partial charge in [0.25, 0.3) is 0 Å². The van der Waals surface area contributed by atoms with Crippen molar-refractivity contribution in [3.63, 3.8) is 0 Å². The summed E-state index contributed by atoms with van der Waals surface area (Å²) in [5.41, 5.74) is 0. The van der Waals surface area contributed by atoms with E-state index in [0.717, 1.165) is 89.9 Å². The Morgan fingerprint density at radius 2 is 0.632 bits per heavy atom. The van der Waals surface area contributed by atoms with Crippen LogP contribution in [0.3, 0.4) is 0 Å². The number of ether oxygens (including phenoxy) is 2. The molecule has 5 heteroatoms. The largest absolute Gasteiger partial charge is 0.462 e. The van der Waals surface area contributed by atoms with E-state index in [1.807, 2.05) is 0 Å². The molecule has 0 spiro atoms. The standard InChI is InChI=1S/C63H108O5/c1-3-5-7-9-11-13-15-17-19-21-23-25-27-29-31-33-35-37-39-41-43-45-47-49-51-53-55-57-62(65)67-60-61(59-64)68-63(66)58-56-54-52-50-48-46-44-42-40-38-36-34-32-30-28-26-24-22-20-18-16-14-12-10-8-6-4-2/h6,8,12,14-15,17-18,20-21,23-24,26,30,32,36,38,61,64H,3-5,7,9-11,13,16,19,22,25,27-29,31,33-35,37,39-60H2,1-2H3/b8-6-,14-12-,17-15-,20-18-,23-21-,26-24-,32-30-,38-36-. The molecule has 0 fully saturated rings. The van der Waals surface area contributed by atoms with Crippen LogP contribution in [0.25, 0.3) is 0 Å². The van der Waals surface area contributed by atoms with Crippen molar-refractivity contribution in [3.05, 3.63) is 97.2 Å². The first-order chi connectivity index (χ1) is 33.6. The number of rotatable bonds is 52. The molecular weight excluding hydrogens is 837 g/mol. The van der Waals surface area contributed by atoms with Crippen molar-refractivity contribution in [1.29, 1.82) is 0 Å². The maximum Gasteiger partial charge on any atom is 0.306 e. The van der Waals surface area contributed by atoms with Crippen LogP contribution in [0.2, 0.25) is 0 Å². The van der Waals surface area contributed by atoms with Gasteiger partial charge in [0.2, 0.25) is 0 Å². The zero-order chi connectivity index (χ0) is 49.2. The van der Waals surface area contributed by atoms with Crippen LogP contribution in [-0.4, -0.2) is 36.4 Å². The van der Waals surface area contributed by atoms with Gasteiger partial charge in [-0.05, 0) is 96.3 Å². The fraction of sp³-hybridized carbons (Fsp3) is 0.714. The molecule has 1 N–H and O–H groups in total. The van der Waals surface area contributed by atoms with E-state index in [1.165, 1.54) is 154 Å². The van der Waals surface area contributed by atoms with Gasteiger partial charge in [-0.25, -0.2) is 0 Å². The van der Waals surface area contributed by atoms with Crippen LogP contribution in [-0.2, 0) is 19.1 Å². The topological polar surface area (TPSA) is 72.8 Å². The molecule has 0 aliphatic carbocycles. The molecule has 0 rings (SSSR count). The number of aliphatic hydroxyl groups is 1. The van der Waals surface area contributed by atoms with Crippen LogP contribution in [0.1, 0.15) is 271 Å². The number of carbonyl (C=O) groups excluding carboxylic acids is 2. The third kappa shape index (κ3) is 55.4. The van der Waals surface area contributed by atoms with Crippen LogP contribution in [0.4, 0.5) is 0 Å². The molecule has 0 radical (unpaired) electrons. The number of carbonyl (C=O) groups is 2. The van der Waals surface area contributed by atoms with Gasteiger partial charge in [0, 0.05) is 12.8 Å². The predicted octanol–water partition coefficient (Wildman–Crippen LogP) is 19.5. The Bertz CT molecular complexity index is 1300. The molecule has 0 aromatic carbocycles. The summed E-state index contributed by atoms with van der Waals surface area (Å²) in [5.74, 6) is -0.598. The lowest BCUT2D eigenvalue weighted by molar-refractivity contribution is -0.161. The highest BCUT2D eigenvalue weighted by Crippen LogP contribution is 2.16. The minimum atomic E-state index is -0.783. The van der Waals surface area contributed by atoms with Crippen molar-refractivity contribution in [2.75, 3.05) is 13.2 Å². The first-order valence-corrected chi connectivity index (χ1v) is 28.8. The van der Waals surface area contributed by atoms with E-state index in [2.05, 4.69) is 111 Å². The van der Waals surface area contributed by atoms with E-state index in [4.69, 9.17) is 9.47 Å². The van der Waals surface area contributed by atoms with Gasteiger partial charge in [0.15, 0.2) is 6.10 Å². The fourth-order valence-corrected chi connectivity index (χ4v) is 8.06. The molecule has 0 aromatic rings. The minimum Gasteiger partial charge on any atom is -0.462 e. The van der Waals surface area contributed by atoms with E-state index in [9.17, 15) is 14.7 Å². The van der Waals surface area contributed by atoms with Crippen molar-refractivity contribution in [2.45, 2.75) is 277 Å². The van der Waals surface area contributed by atoms with Crippen LogP contribution in [0, 0.1) is 0 Å². The molecule has 1 unspecified atom stereocenters. The highest BCUT2D eigenvalue weighted by atomic mass is 16.6. The van der Waals surface area contributed by atoms with Crippen LogP contribution in [0.15, 0.2) is 97.2 Å². The molecule has 0 heterocycles. The maximum absolute atomic E-state index is 12.3. The molecule has 0 amide bonds. The molecule has 0 aliphatic heterocycles. The number of unbranched alkanes of at least 4 members (excludes halogenated alkanes) is 28. The molecule has 390 valence electrons. The SMILES string of the molecule is CC/C=C\C/C=C\C/C=C\C/C=C\C/C=C\C/C=C\CCCCCCCCCCC(=O)OC(CO)COC(=O)CCCCCCCCCCCCCCCCC/C=C\C/C=C\CCCCCCC. The molecule has 0 saturated carbocycles. The Hall–Kier alpha value is -3.18. The average Bonchev–Trinajstić information content (AvgIpc) is 3.34. The normalized spacial score (nSPS) is 12.9. The number of aliphatic hydroxyl groups excluding tert-OH is 1. The molecule has 68 heavy (non-hydrogen) atoms. The van der Waals surface area contributed by atoms with Gasteiger partial charge < -0.3 is 14.6 Å². The van der Waals surface area contributed by atoms with Crippen molar-refractivity contribution in [2.24, 2.45) is 0 Å². The summed E-state index contributed by atoms with van der Waals surface area (Å²) < 4.78 is 10.7. The first kappa shape index (κ1) is 64.8. The van der Waals surface area contributed by atoms with Gasteiger partial charge in [-0.3, -0.25) is 9.59 Å². The van der Waals surface area contributed by atoms with E-state index in [0.29, 0.717) is 12.8 Å². The molecule has 5 nitrogen and oxygen atoms in total. The Morgan fingerprint density at radius 1 is 0.353 bits per heavy atom. The Kier molecular flexibility index (Phi) is 55.4.